The van der Waals surface area contributed by atoms with E-state index in [1.165, 1.54) is 95.4 Å². The van der Waals surface area contributed by atoms with Crippen LogP contribution in [0.25, 0.3) is 0 Å². The zero-order valence-corrected chi connectivity index (χ0v) is 21.3. The fraction of sp³-hybridized carbons (Fsp3) is 0.893. The summed E-state index contributed by atoms with van der Waals surface area (Å²) in [7, 11) is 0. The maximum atomic E-state index is 12.7. The van der Waals surface area contributed by atoms with Crippen molar-refractivity contribution in [2.75, 3.05) is 5.75 Å². The highest BCUT2D eigenvalue weighted by Gasteiger charge is 2.59. The first-order valence-corrected chi connectivity index (χ1v) is 14.5. The van der Waals surface area contributed by atoms with Crippen LogP contribution in [-0.2, 0) is 4.79 Å². The van der Waals surface area contributed by atoms with E-state index in [0.29, 0.717) is 17.1 Å². The van der Waals surface area contributed by atoms with Gasteiger partial charge in [0.05, 0.1) is 0 Å². The van der Waals surface area contributed by atoms with Crippen LogP contribution >= 0.6 is 11.9 Å². The number of ketones is 1. The Balaban J connectivity index is 1.45. The zero-order valence-electron chi connectivity index (χ0n) is 20.5. The van der Waals surface area contributed by atoms with E-state index in [1.807, 2.05) is 0 Å². The van der Waals surface area contributed by atoms with Crippen LogP contribution < -0.4 is 5.14 Å². The molecule has 4 fully saturated rings. The van der Waals surface area contributed by atoms with Crippen molar-refractivity contribution >= 4 is 17.7 Å². The molecule has 0 bridgehead atoms. The predicted molar refractivity (Wildman–Crippen MR) is 134 cm³/mol. The molecular formula is C28H47NOS. The van der Waals surface area contributed by atoms with Crippen LogP contribution in [0, 0.1) is 40.4 Å². The molecule has 4 rings (SSSR count). The van der Waals surface area contributed by atoms with E-state index in [0.717, 1.165) is 35.8 Å². The number of carbonyl (C=O) groups excluding carboxylic acids is 1. The molecule has 31 heavy (non-hydrogen) atoms. The topological polar surface area (TPSA) is 43.1 Å². The Kier molecular flexibility index (Phi) is 7.63. The lowest BCUT2D eigenvalue weighted by molar-refractivity contribution is -0.136. The van der Waals surface area contributed by atoms with Crippen molar-refractivity contribution < 1.29 is 4.79 Å². The van der Waals surface area contributed by atoms with Crippen molar-refractivity contribution in [3.63, 3.8) is 0 Å². The van der Waals surface area contributed by atoms with Gasteiger partial charge in [-0.15, -0.1) is 0 Å². The summed E-state index contributed by atoms with van der Waals surface area (Å²) in [4.78, 5) is 12.7. The van der Waals surface area contributed by atoms with E-state index < -0.39 is 0 Å². The van der Waals surface area contributed by atoms with Crippen LogP contribution in [0.4, 0.5) is 0 Å². The predicted octanol–water partition coefficient (Wildman–Crippen LogP) is 7.72. The molecule has 176 valence electrons. The first kappa shape index (κ1) is 23.9. The molecular weight excluding hydrogens is 398 g/mol. The number of allylic oxidation sites excluding steroid dienone is 2. The van der Waals surface area contributed by atoms with E-state index in [2.05, 4.69) is 26.8 Å². The van der Waals surface area contributed by atoms with Gasteiger partial charge < -0.3 is 0 Å². The second-order valence-corrected chi connectivity index (χ2v) is 12.8. The van der Waals surface area contributed by atoms with Gasteiger partial charge in [0.1, 0.15) is 5.78 Å². The van der Waals surface area contributed by atoms with Crippen molar-refractivity contribution in [1.82, 2.24) is 0 Å². The van der Waals surface area contributed by atoms with Crippen LogP contribution in [0.15, 0.2) is 11.6 Å². The van der Waals surface area contributed by atoms with Crippen LogP contribution in [0.5, 0.6) is 0 Å². The number of hydrogen-bond acceptors (Lipinski definition) is 3. The number of hydrogen-bond donors (Lipinski definition) is 1. The molecule has 4 aliphatic rings. The molecule has 0 radical (unpaired) electrons. The summed E-state index contributed by atoms with van der Waals surface area (Å²) >= 11 is 1.51. The van der Waals surface area contributed by atoms with Crippen LogP contribution in [-0.4, -0.2) is 11.5 Å². The fourth-order valence-electron chi connectivity index (χ4n) is 8.69. The molecule has 0 aromatic heterocycles. The molecule has 5 unspecified atom stereocenters. The van der Waals surface area contributed by atoms with E-state index in [9.17, 15) is 4.79 Å². The Hall–Kier alpha value is -0.280. The van der Waals surface area contributed by atoms with Crippen LogP contribution in [0.1, 0.15) is 111 Å². The van der Waals surface area contributed by atoms with Crippen molar-refractivity contribution in [1.29, 1.82) is 0 Å². The lowest BCUT2D eigenvalue weighted by Gasteiger charge is -2.58. The number of fused-ring (bicyclic) bond motifs is 5. The largest absolute Gasteiger partial charge is 0.299 e. The van der Waals surface area contributed by atoms with Gasteiger partial charge in [-0.1, -0.05) is 57.2 Å². The second kappa shape index (κ2) is 9.92. The SMILES string of the molecule is CCCC(C/C=C1/CCC[C@@]2(C)C(CCC3C2CC[C@]2(C)C(=O)CCC32)C1)CCSN. The van der Waals surface area contributed by atoms with Gasteiger partial charge in [0.25, 0.3) is 0 Å². The molecule has 4 aliphatic carbocycles. The number of carbonyl (C=O) groups is 1. The van der Waals surface area contributed by atoms with E-state index in [1.54, 1.807) is 5.57 Å². The van der Waals surface area contributed by atoms with Crippen LogP contribution in [0.2, 0.25) is 0 Å². The smallest absolute Gasteiger partial charge is 0.139 e. The minimum Gasteiger partial charge on any atom is -0.299 e. The molecule has 0 aliphatic heterocycles. The Bertz CT molecular complexity index is 674. The van der Waals surface area contributed by atoms with Gasteiger partial charge in [0.15, 0.2) is 0 Å². The van der Waals surface area contributed by atoms with Gasteiger partial charge in [-0.3, -0.25) is 9.93 Å². The molecule has 0 saturated heterocycles. The fourth-order valence-corrected chi connectivity index (χ4v) is 9.16. The van der Waals surface area contributed by atoms with Gasteiger partial charge in [-0.05, 0) is 106 Å². The monoisotopic (exact) mass is 445 g/mol. The maximum absolute atomic E-state index is 12.7. The average Bonchev–Trinajstić information content (AvgIpc) is 2.95. The van der Waals surface area contributed by atoms with Crippen molar-refractivity contribution in [3.05, 3.63) is 11.6 Å². The quantitative estimate of drug-likeness (QED) is 0.322. The normalized spacial score (nSPS) is 42.6. The zero-order chi connectivity index (χ0) is 22.1. The van der Waals surface area contributed by atoms with Gasteiger partial charge in [-0.2, -0.15) is 0 Å². The molecule has 3 heteroatoms. The van der Waals surface area contributed by atoms with Gasteiger partial charge >= 0.3 is 0 Å². The van der Waals surface area contributed by atoms with Crippen molar-refractivity contribution in [2.24, 2.45) is 45.6 Å². The highest BCUT2D eigenvalue weighted by atomic mass is 32.2. The Morgan fingerprint density at radius 1 is 1.10 bits per heavy atom. The molecule has 0 aromatic rings. The van der Waals surface area contributed by atoms with Crippen molar-refractivity contribution in [3.8, 4) is 0 Å². The van der Waals surface area contributed by atoms with Gasteiger partial charge in [0, 0.05) is 17.6 Å². The summed E-state index contributed by atoms with van der Waals surface area (Å²) in [6, 6.07) is 0. The Morgan fingerprint density at radius 2 is 1.94 bits per heavy atom. The number of Topliss-reactive ketones (excluding diaryl/α,β-unsaturated/α-hetero) is 1. The van der Waals surface area contributed by atoms with Crippen molar-refractivity contribution in [2.45, 2.75) is 111 Å². The lowest BCUT2D eigenvalue weighted by Crippen LogP contribution is -2.51. The highest BCUT2D eigenvalue weighted by Crippen LogP contribution is 2.65. The summed E-state index contributed by atoms with van der Waals surface area (Å²) in [5, 5.41) is 5.70. The third kappa shape index (κ3) is 4.57. The summed E-state index contributed by atoms with van der Waals surface area (Å²) < 4.78 is 0. The van der Waals surface area contributed by atoms with E-state index in [4.69, 9.17) is 5.14 Å². The summed E-state index contributed by atoms with van der Waals surface area (Å²) in [6.45, 7) is 7.30. The molecule has 2 N–H and O–H groups in total. The first-order chi connectivity index (χ1) is 14.9. The number of nitrogens with two attached hydrogens (primary N) is 1. The summed E-state index contributed by atoms with van der Waals surface area (Å²) in [6.07, 6.45) is 20.6. The molecule has 0 amide bonds. The molecule has 0 spiro atoms. The third-order valence-electron chi connectivity index (χ3n) is 10.6. The average molecular weight is 446 g/mol. The van der Waals surface area contributed by atoms with E-state index >= 15 is 0 Å². The summed E-state index contributed by atoms with van der Waals surface area (Å²) in [5.74, 6) is 5.74. The molecule has 7 atom stereocenters. The minimum absolute atomic E-state index is 0.0241. The second-order valence-electron chi connectivity index (χ2n) is 12.0. The third-order valence-corrected chi connectivity index (χ3v) is 11.0. The van der Waals surface area contributed by atoms with Crippen LogP contribution in [0.3, 0.4) is 0 Å². The summed E-state index contributed by atoms with van der Waals surface area (Å²) in [5.41, 5.74) is 2.30. The lowest BCUT2D eigenvalue weighted by atomic mass is 9.47. The molecule has 4 saturated carbocycles. The molecule has 0 heterocycles. The highest BCUT2D eigenvalue weighted by molar-refractivity contribution is 7.97. The minimum atomic E-state index is 0.0241. The molecule has 2 nitrogen and oxygen atoms in total. The maximum Gasteiger partial charge on any atom is 0.139 e. The van der Waals surface area contributed by atoms with Gasteiger partial charge in [-0.25, -0.2) is 0 Å². The van der Waals surface area contributed by atoms with Gasteiger partial charge in [0.2, 0.25) is 0 Å². The standard InChI is InChI=1S/C28H47NOS/c1-4-6-20(15-18-31-29)8-9-21-7-5-16-27(2)22(19-21)10-11-23-24-12-13-26(30)28(24,3)17-14-25(23)27/h9,20,22-25H,4-8,10-19,29H2,1-3H3/b21-9-/t20?,22?,23?,24?,25?,27-,28-/m0/s1. The Labute approximate surface area is 196 Å². The number of rotatable bonds is 7. The Morgan fingerprint density at radius 3 is 2.71 bits per heavy atom. The first-order valence-electron chi connectivity index (χ1n) is 13.4. The molecule has 0 aromatic carbocycles. The van der Waals surface area contributed by atoms with E-state index in [-0.39, 0.29) is 5.41 Å².